The summed E-state index contributed by atoms with van der Waals surface area (Å²) >= 11 is 0. The van der Waals surface area contributed by atoms with Gasteiger partial charge in [-0.1, -0.05) is 4.89 Å². The van der Waals surface area contributed by atoms with E-state index < -0.39 is 22.1 Å². The van der Waals surface area contributed by atoms with E-state index in [1.54, 1.807) is 0 Å². The Morgan fingerprint density at radius 2 is 2.27 bits per heavy atom. The zero-order chi connectivity index (χ0) is 11.5. The van der Waals surface area contributed by atoms with Gasteiger partial charge in [-0.15, -0.1) is 0 Å². The Bertz CT molecular complexity index is 328. The maximum absolute atomic E-state index is 11.5. The van der Waals surface area contributed by atoms with Gasteiger partial charge in [0, 0.05) is 13.1 Å². The van der Waals surface area contributed by atoms with Crippen molar-refractivity contribution in [2.75, 3.05) is 20.2 Å². The van der Waals surface area contributed by atoms with Crippen LogP contribution in [0.3, 0.4) is 0 Å². The van der Waals surface area contributed by atoms with Gasteiger partial charge in [0.1, 0.15) is 0 Å². The zero-order valence-electron chi connectivity index (χ0n) is 8.34. The molecule has 1 aliphatic rings. The molecule has 1 fully saturated rings. The van der Waals surface area contributed by atoms with E-state index in [4.69, 9.17) is 5.11 Å². The standard InChI is InChI=1S/C7H14N2O5S/c1-14-8-15(12,13)9-4-2-3-6(5-9)7(10)11/h6,8H,2-5H2,1H3,(H,10,11). The summed E-state index contributed by atoms with van der Waals surface area (Å²) in [6, 6.07) is 0. The van der Waals surface area contributed by atoms with E-state index in [0.717, 1.165) is 4.31 Å². The van der Waals surface area contributed by atoms with Crippen molar-refractivity contribution in [3.63, 3.8) is 0 Å². The lowest BCUT2D eigenvalue weighted by molar-refractivity contribution is -0.142. The molecule has 0 aromatic heterocycles. The minimum atomic E-state index is -3.70. The summed E-state index contributed by atoms with van der Waals surface area (Å²) in [5.41, 5.74) is 0. The minimum Gasteiger partial charge on any atom is -0.481 e. The van der Waals surface area contributed by atoms with Crippen molar-refractivity contribution in [3.8, 4) is 0 Å². The first kappa shape index (κ1) is 12.4. The van der Waals surface area contributed by atoms with Crippen LogP contribution in [0, 0.1) is 5.92 Å². The van der Waals surface area contributed by atoms with Gasteiger partial charge in [-0.25, -0.2) is 0 Å². The normalized spacial score (nSPS) is 23.9. The van der Waals surface area contributed by atoms with Gasteiger partial charge >= 0.3 is 16.2 Å². The second kappa shape index (κ2) is 4.88. The van der Waals surface area contributed by atoms with Crippen LogP contribution < -0.4 is 4.89 Å². The van der Waals surface area contributed by atoms with Crippen LogP contribution in [0.25, 0.3) is 0 Å². The van der Waals surface area contributed by atoms with Gasteiger partial charge in [-0.3, -0.25) is 9.63 Å². The second-order valence-electron chi connectivity index (χ2n) is 3.33. The van der Waals surface area contributed by atoms with Gasteiger partial charge in [0.25, 0.3) is 0 Å². The summed E-state index contributed by atoms with van der Waals surface area (Å²) in [4.78, 5) is 16.9. The quantitative estimate of drug-likeness (QED) is 0.624. The maximum atomic E-state index is 11.5. The Kier molecular flexibility index (Phi) is 4.03. The van der Waals surface area contributed by atoms with Gasteiger partial charge in [0.2, 0.25) is 0 Å². The predicted molar refractivity (Wildman–Crippen MR) is 51.0 cm³/mol. The molecular weight excluding hydrogens is 224 g/mol. The number of piperidine rings is 1. The molecule has 1 atom stereocenters. The van der Waals surface area contributed by atoms with Crippen molar-refractivity contribution in [3.05, 3.63) is 0 Å². The molecule has 1 rings (SSSR count). The Balaban J connectivity index is 2.67. The fourth-order valence-corrected chi connectivity index (χ4v) is 2.58. The fourth-order valence-electron chi connectivity index (χ4n) is 1.52. The Morgan fingerprint density at radius 1 is 1.60 bits per heavy atom. The highest BCUT2D eigenvalue weighted by atomic mass is 32.2. The number of carboxylic acid groups (broad SMARTS) is 1. The maximum Gasteiger partial charge on any atom is 0.307 e. The Hall–Kier alpha value is -0.700. The summed E-state index contributed by atoms with van der Waals surface area (Å²) in [6.07, 6.45) is 1.05. The minimum absolute atomic E-state index is 0.00593. The van der Waals surface area contributed by atoms with Crippen LogP contribution in [-0.4, -0.2) is 44.0 Å². The molecule has 1 saturated heterocycles. The number of carboxylic acids is 1. The van der Waals surface area contributed by atoms with Gasteiger partial charge in [0.05, 0.1) is 13.0 Å². The third kappa shape index (κ3) is 3.13. The molecule has 88 valence electrons. The number of aliphatic carboxylic acids is 1. The van der Waals surface area contributed by atoms with Gasteiger partial charge < -0.3 is 5.11 Å². The van der Waals surface area contributed by atoms with E-state index in [2.05, 4.69) is 4.84 Å². The second-order valence-corrected chi connectivity index (χ2v) is 4.96. The lowest BCUT2D eigenvalue weighted by Gasteiger charge is -2.29. The smallest absolute Gasteiger partial charge is 0.307 e. The number of hydrogen-bond acceptors (Lipinski definition) is 4. The highest BCUT2D eigenvalue weighted by Gasteiger charge is 2.32. The molecule has 0 aliphatic carbocycles. The van der Waals surface area contributed by atoms with Crippen molar-refractivity contribution >= 4 is 16.2 Å². The van der Waals surface area contributed by atoms with E-state index >= 15 is 0 Å². The van der Waals surface area contributed by atoms with Crippen LogP contribution in [-0.2, 0) is 19.8 Å². The number of carbonyl (C=O) groups is 1. The van der Waals surface area contributed by atoms with E-state index in [1.807, 2.05) is 4.89 Å². The van der Waals surface area contributed by atoms with Crippen LogP contribution in [0.15, 0.2) is 0 Å². The molecule has 1 unspecified atom stereocenters. The molecule has 7 nitrogen and oxygen atoms in total. The summed E-state index contributed by atoms with van der Waals surface area (Å²) in [6.45, 7) is 0.316. The molecule has 0 radical (unpaired) electrons. The Labute approximate surface area is 88.2 Å². The van der Waals surface area contributed by atoms with Crippen LogP contribution in [0.5, 0.6) is 0 Å². The molecule has 0 saturated carbocycles. The van der Waals surface area contributed by atoms with Crippen molar-refractivity contribution in [2.45, 2.75) is 12.8 Å². The van der Waals surface area contributed by atoms with Crippen molar-refractivity contribution in [1.82, 2.24) is 9.19 Å². The molecule has 0 aromatic carbocycles. The molecule has 15 heavy (non-hydrogen) atoms. The first-order valence-electron chi connectivity index (χ1n) is 4.50. The van der Waals surface area contributed by atoms with Crippen LogP contribution in [0.4, 0.5) is 0 Å². The van der Waals surface area contributed by atoms with Crippen molar-refractivity contribution in [1.29, 1.82) is 0 Å². The SMILES string of the molecule is CONS(=O)(=O)N1CCCC(C(=O)O)C1. The molecule has 0 bridgehead atoms. The average Bonchev–Trinajstić information content (AvgIpc) is 2.18. The third-order valence-electron chi connectivity index (χ3n) is 2.26. The molecule has 0 spiro atoms. The summed E-state index contributed by atoms with van der Waals surface area (Å²) in [7, 11) is -2.51. The molecule has 1 aliphatic heterocycles. The van der Waals surface area contributed by atoms with Crippen LogP contribution in [0.1, 0.15) is 12.8 Å². The van der Waals surface area contributed by atoms with Gasteiger partial charge in [-0.05, 0) is 12.8 Å². The summed E-state index contributed by atoms with van der Waals surface area (Å²) < 4.78 is 24.0. The molecular formula is C7H14N2O5S. The van der Waals surface area contributed by atoms with Crippen LogP contribution >= 0.6 is 0 Å². The fraction of sp³-hybridized carbons (Fsp3) is 0.857. The molecule has 0 aromatic rings. The first-order chi connectivity index (χ1) is 6.97. The summed E-state index contributed by atoms with van der Waals surface area (Å²) in [5.74, 6) is -1.60. The van der Waals surface area contributed by atoms with E-state index in [1.165, 1.54) is 7.11 Å². The highest BCUT2D eigenvalue weighted by Crippen LogP contribution is 2.18. The predicted octanol–water partition coefficient (Wildman–Crippen LogP) is -0.821. The summed E-state index contributed by atoms with van der Waals surface area (Å²) in [5, 5.41) is 8.78. The lowest BCUT2D eigenvalue weighted by Crippen LogP contribution is -2.47. The van der Waals surface area contributed by atoms with Gasteiger partial charge in [-0.2, -0.15) is 12.7 Å². The third-order valence-corrected chi connectivity index (χ3v) is 3.65. The highest BCUT2D eigenvalue weighted by molar-refractivity contribution is 7.87. The Morgan fingerprint density at radius 3 is 2.80 bits per heavy atom. The molecule has 1 heterocycles. The van der Waals surface area contributed by atoms with E-state index in [0.29, 0.717) is 19.4 Å². The topological polar surface area (TPSA) is 95.9 Å². The van der Waals surface area contributed by atoms with E-state index in [9.17, 15) is 13.2 Å². The number of hydrogen-bond donors (Lipinski definition) is 2. The zero-order valence-corrected chi connectivity index (χ0v) is 9.16. The monoisotopic (exact) mass is 238 g/mol. The number of nitrogens with one attached hydrogen (secondary N) is 1. The van der Waals surface area contributed by atoms with Crippen LogP contribution in [0.2, 0.25) is 0 Å². The number of rotatable bonds is 4. The van der Waals surface area contributed by atoms with E-state index in [-0.39, 0.29) is 6.54 Å². The number of nitrogens with zero attached hydrogens (tertiary/aromatic N) is 1. The average molecular weight is 238 g/mol. The molecule has 0 amide bonds. The van der Waals surface area contributed by atoms with Crippen molar-refractivity contribution in [2.24, 2.45) is 5.92 Å². The van der Waals surface area contributed by atoms with Crippen molar-refractivity contribution < 1.29 is 23.2 Å². The largest absolute Gasteiger partial charge is 0.481 e. The lowest BCUT2D eigenvalue weighted by atomic mass is 10.0. The first-order valence-corrected chi connectivity index (χ1v) is 5.94. The van der Waals surface area contributed by atoms with Gasteiger partial charge in [0.15, 0.2) is 0 Å². The molecule has 2 N–H and O–H groups in total. The molecule has 8 heteroatoms.